The number of phenolic OH excluding ortho intramolecular Hbond substituents is 1. The summed E-state index contributed by atoms with van der Waals surface area (Å²) >= 11 is 0. The van der Waals surface area contributed by atoms with E-state index in [-0.39, 0.29) is 23.6 Å². The zero-order valence-corrected chi connectivity index (χ0v) is 16.0. The van der Waals surface area contributed by atoms with Gasteiger partial charge in [0.1, 0.15) is 11.8 Å². The molecule has 1 unspecified atom stereocenters. The molecule has 1 aliphatic heterocycles. The van der Waals surface area contributed by atoms with Crippen LogP contribution in [0, 0.1) is 0 Å². The standard InChI is InChI=1S/C16H23N2O5PS/c1-11(7-8-24-2)12-9-15(16(20)17-21)18(10-12)25(22,23)14-5-3-13(19)4-6-14/h3-6,15,19,21,24H,7-10H2,1-2H3,(H,17,20)/b12-11+/t15-/m1/s1. The van der Waals surface area contributed by atoms with Gasteiger partial charge < -0.3 is 5.11 Å². The van der Waals surface area contributed by atoms with E-state index in [9.17, 15) is 18.3 Å². The van der Waals surface area contributed by atoms with E-state index in [1.54, 1.807) is 5.48 Å². The van der Waals surface area contributed by atoms with Crippen LogP contribution >= 0.6 is 8.58 Å². The summed E-state index contributed by atoms with van der Waals surface area (Å²) in [4.78, 5) is 12.0. The van der Waals surface area contributed by atoms with Crippen LogP contribution in [-0.2, 0) is 14.8 Å². The Bertz CT molecular complexity index is 761. The third kappa shape index (κ3) is 4.39. The van der Waals surface area contributed by atoms with Gasteiger partial charge in [0.2, 0.25) is 10.0 Å². The number of carbonyl (C=O) groups excluding carboxylic acids is 1. The van der Waals surface area contributed by atoms with E-state index in [1.807, 2.05) is 6.92 Å². The Morgan fingerprint density at radius 2 is 2.00 bits per heavy atom. The molecule has 1 amide bonds. The fraction of sp³-hybridized carbons (Fsp3) is 0.438. The Hall–Kier alpha value is -1.47. The zero-order valence-electron chi connectivity index (χ0n) is 14.2. The summed E-state index contributed by atoms with van der Waals surface area (Å²) in [6.45, 7) is 4.19. The van der Waals surface area contributed by atoms with Crippen molar-refractivity contribution in [3.05, 3.63) is 35.4 Å². The fourth-order valence-electron chi connectivity index (χ4n) is 2.80. The number of aromatic hydroxyl groups is 1. The third-order valence-electron chi connectivity index (χ3n) is 4.34. The molecule has 0 radical (unpaired) electrons. The highest BCUT2D eigenvalue weighted by molar-refractivity contribution is 7.89. The van der Waals surface area contributed by atoms with Gasteiger partial charge in [-0.25, -0.2) is 13.9 Å². The topological polar surface area (TPSA) is 107 Å². The largest absolute Gasteiger partial charge is 0.508 e. The number of allylic oxidation sites excluding steroid dienone is 1. The quantitative estimate of drug-likeness (QED) is 0.298. The van der Waals surface area contributed by atoms with Gasteiger partial charge in [-0.1, -0.05) is 11.1 Å². The molecule has 1 aromatic rings. The first-order chi connectivity index (χ1) is 11.8. The van der Waals surface area contributed by atoms with Gasteiger partial charge in [-0.15, -0.1) is 8.58 Å². The normalized spacial score (nSPS) is 21.0. The van der Waals surface area contributed by atoms with E-state index in [0.717, 1.165) is 36.6 Å². The summed E-state index contributed by atoms with van der Waals surface area (Å²) in [6, 6.07) is 4.18. The molecule has 2 atom stereocenters. The monoisotopic (exact) mass is 386 g/mol. The predicted octanol–water partition coefficient (Wildman–Crippen LogP) is 1.68. The van der Waals surface area contributed by atoms with Crippen LogP contribution in [0.2, 0.25) is 0 Å². The molecule has 25 heavy (non-hydrogen) atoms. The van der Waals surface area contributed by atoms with Crippen molar-refractivity contribution in [1.29, 1.82) is 0 Å². The second-order valence-corrected chi connectivity index (χ2v) is 9.08. The van der Waals surface area contributed by atoms with Gasteiger partial charge in [-0.3, -0.25) is 10.0 Å². The van der Waals surface area contributed by atoms with Gasteiger partial charge in [0.15, 0.2) is 0 Å². The number of hydroxylamine groups is 1. The van der Waals surface area contributed by atoms with E-state index in [4.69, 9.17) is 5.21 Å². The summed E-state index contributed by atoms with van der Waals surface area (Å²) < 4.78 is 26.9. The van der Waals surface area contributed by atoms with Gasteiger partial charge in [0.25, 0.3) is 5.91 Å². The smallest absolute Gasteiger partial charge is 0.262 e. The van der Waals surface area contributed by atoms with Crippen molar-refractivity contribution in [3.63, 3.8) is 0 Å². The number of carbonyl (C=O) groups is 1. The number of hydrogen-bond donors (Lipinski definition) is 3. The molecule has 0 bridgehead atoms. The second kappa shape index (κ2) is 8.27. The summed E-state index contributed by atoms with van der Waals surface area (Å²) in [5, 5.41) is 18.3. The van der Waals surface area contributed by atoms with Crippen LogP contribution in [0.25, 0.3) is 0 Å². The first kappa shape index (κ1) is 19.8. The molecule has 7 nitrogen and oxygen atoms in total. The third-order valence-corrected chi connectivity index (χ3v) is 6.96. The maximum atomic E-state index is 12.9. The molecule has 1 aromatic carbocycles. The van der Waals surface area contributed by atoms with Crippen LogP contribution in [0.5, 0.6) is 5.75 Å². The van der Waals surface area contributed by atoms with Crippen LogP contribution in [0.3, 0.4) is 0 Å². The number of nitrogens with zero attached hydrogens (tertiary/aromatic N) is 1. The molecule has 1 aliphatic rings. The van der Waals surface area contributed by atoms with Crippen molar-refractivity contribution in [2.75, 3.05) is 19.4 Å². The summed E-state index contributed by atoms with van der Waals surface area (Å²) in [6.07, 6.45) is 2.16. The number of benzene rings is 1. The number of hydrogen-bond acceptors (Lipinski definition) is 5. The minimum atomic E-state index is -3.93. The van der Waals surface area contributed by atoms with Gasteiger partial charge in [-0.05, 0) is 56.9 Å². The minimum Gasteiger partial charge on any atom is -0.508 e. The lowest BCUT2D eigenvalue weighted by Crippen LogP contribution is -2.44. The van der Waals surface area contributed by atoms with E-state index < -0.39 is 22.0 Å². The van der Waals surface area contributed by atoms with Crippen molar-refractivity contribution in [1.82, 2.24) is 9.79 Å². The Morgan fingerprint density at radius 1 is 1.36 bits per heavy atom. The molecule has 9 heteroatoms. The van der Waals surface area contributed by atoms with Crippen LogP contribution < -0.4 is 5.48 Å². The lowest BCUT2D eigenvalue weighted by molar-refractivity contribution is -0.132. The lowest BCUT2D eigenvalue weighted by Gasteiger charge is -2.22. The fourth-order valence-corrected chi connectivity index (χ4v) is 5.01. The van der Waals surface area contributed by atoms with Crippen molar-refractivity contribution >= 4 is 24.5 Å². The van der Waals surface area contributed by atoms with E-state index in [2.05, 4.69) is 6.66 Å². The molecule has 2 rings (SSSR count). The Kier molecular flexibility index (Phi) is 6.57. The van der Waals surface area contributed by atoms with Gasteiger partial charge >= 0.3 is 0 Å². The molecular formula is C16H23N2O5PS. The maximum Gasteiger partial charge on any atom is 0.262 e. The summed E-state index contributed by atoms with van der Waals surface area (Å²) in [7, 11) is -3.12. The molecule has 1 fully saturated rings. The molecule has 0 saturated carbocycles. The Morgan fingerprint density at radius 3 is 2.56 bits per heavy atom. The number of rotatable bonds is 6. The first-order valence-electron chi connectivity index (χ1n) is 7.88. The van der Waals surface area contributed by atoms with Crippen LogP contribution in [-0.4, -0.2) is 54.4 Å². The van der Waals surface area contributed by atoms with Gasteiger partial charge in [0, 0.05) is 6.54 Å². The van der Waals surface area contributed by atoms with E-state index >= 15 is 0 Å². The molecule has 0 aromatic heterocycles. The van der Waals surface area contributed by atoms with E-state index in [0.29, 0.717) is 0 Å². The van der Waals surface area contributed by atoms with Gasteiger partial charge in [-0.2, -0.15) is 4.31 Å². The van der Waals surface area contributed by atoms with Crippen LogP contribution in [0.1, 0.15) is 19.8 Å². The first-order valence-corrected chi connectivity index (χ1v) is 11.0. The highest BCUT2D eigenvalue weighted by atomic mass is 32.2. The molecule has 0 aliphatic carbocycles. The molecule has 1 saturated heterocycles. The average Bonchev–Trinajstić information content (AvgIpc) is 3.05. The minimum absolute atomic E-state index is 0.00465. The van der Waals surface area contributed by atoms with Crippen molar-refractivity contribution in [2.45, 2.75) is 30.7 Å². The average molecular weight is 386 g/mol. The van der Waals surface area contributed by atoms with Crippen molar-refractivity contribution in [3.8, 4) is 5.75 Å². The maximum absolute atomic E-state index is 12.9. The number of nitrogens with one attached hydrogen (secondary N) is 1. The second-order valence-electron chi connectivity index (χ2n) is 5.98. The number of amides is 1. The highest BCUT2D eigenvalue weighted by Crippen LogP contribution is 2.32. The molecule has 1 heterocycles. The SMILES string of the molecule is CPCC/C(C)=C1\C[C@H](C(=O)NO)N(S(=O)(=O)c2ccc(O)cc2)C1. The number of phenols is 1. The van der Waals surface area contributed by atoms with Crippen LogP contribution in [0.15, 0.2) is 40.3 Å². The Labute approximate surface area is 149 Å². The Balaban J connectivity index is 2.38. The molecule has 3 N–H and O–H groups in total. The molecular weight excluding hydrogens is 363 g/mol. The summed E-state index contributed by atoms with van der Waals surface area (Å²) in [5.41, 5.74) is 3.57. The van der Waals surface area contributed by atoms with Crippen molar-refractivity contribution in [2.24, 2.45) is 0 Å². The lowest BCUT2D eigenvalue weighted by atomic mass is 10.0. The molecule has 0 spiro atoms. The zero-order chi connectivity index (χ0) is 18.6. The highest BCUT2D eigenvalue weighted by Gasteiger charge is 2.42. The number of sulfonamides is 1. The van der Waals surface area contributed by atoms with Crippen LogP contribution in [0.4, 0.5) is 0 Å². The predicted molar refractivity (Wildman–Crippen MR) is 96.8 cm³/mol. The van der Waals surface area contributed by atoms with Crippen molar-refractivity contribution < 1.29 is 23.5 Å². The molecule has 138 valence electrons. The summed E-state index contributed by atoms with van der Waals surface area (Å²) in [5.74, 6) is -0.788. The van der Waals surface area contributed by atoms with E-state index in [1.165, 1.54) is 24.3 Å². The van der Waals surface area contributed by atoms with Gasteiger partial charge in [0.05, 0.1) is 4.90 Å².